The van der Waals surface area contributed by atoms with Crippen molar-refractivity contribution >= 4 is 17.5 Å². The fourth-order valence-corrected chi connectivity index (χ4v) is 4.40. The van der Waals surface area contributed by atoms with Crippen molar-refractivity contribution in [3.05, 3.63) is 69.9 Å². The highest BCUT2D eigenvalue weighted by atomic mass is 35.5. The maximum atomic E-state index is 14.4. The Kier molecular flexibility index (Phi) is 8.40. The highest BCUT2D eigenvalue weighted by Gasteiger charge is 2.36. The third-order valence-corrected chi connectivity index (χ3v) is 6.36. The van der Waals surface area contributed by atoms with E-state index < -0.39 is 23.2 Å². The molecule has 0 spiro atoms. The van der Waals surface area contributed by atoms with Crippen LogP contribution in [0.25, 0.3) is 16.9 Å². The minimum absolute atomic E-state index is 0.0392. The van der Waals surface area contributed by atoms with E-state index in [9.17, 15) is 18.0 Å². The van der Waals surface area contributed by atoms with Crippen LogP contribution in [0.1, 0.15) is 48.0 Å². The molecule has 1 fully saturated rings. The monoisotopic (exact) mass is 558 g/mol. The molecule has 0 aliphatic carbocycles. The Morgan fingerprint density at radius 1 is 1.10 bits per heavy atom. The minimum atomic E-state index is -4.69. The van der Waals surface area contributed by atoms with Crippen LogP contribution in [0.4, 0.5) is 13.2 Å². The molecule has 1 aromatic heterocycles. The average Bonchev–Trinajstić information content (AvgIpc) is 3.20. The zero-order valence-electron chi connectivity index (χ0n) is 22.2. The Morgan fingerprint density at radius 2 is 1.77 bits per heavy atom. The molecule has 1 N–H and O–H groups in total. The van der Waals surface area contributed by atoms with E-state index in [-0.39, 0.29) is 16.9 Å². The molecule has 3 aromatic rings. The lowest BCUT2D eigenvalue weighted by molar-refractivity contribution is -0.137. The summed E-state index contributed by atoms with van der Waals surface area (Å²) >= 11 is 6.06. The van der Waals surface area contributed by atoms with Gasteiger partial charge in [-0.15, -0.1) is 0 Å². The summed E-state index contributed by atoms with van der Waals surface area (Å²) in [5, 5.41) is 7.73. The number of rotatable bonds is 4. The topological polar surface area (TPSA) is 59.4 Å². The summed E-state index contributed by atoms with van der Waals surface area (Å²) < 4.78 is 49.7. The summed E-state index contributed by atoms with van der Waals surface area (Å²) in [4.78, 5) is 15.2. The van der Waals surface area contributed by atoms with Crippen molar-refractivity contribution in [1.29, 1.82) is 0 Å². The maximum absolute atomic E-state index is 14.4. The van der Waals surface area contributed by atoms with Crippen molar-refractivity contribution in [2.45, 2.75) is 39.4 Å². The van der Waals surface area contributed by atoms with Crippen molar-refractivity contribution < 1.29 is 22.7 Å². The molecule has 0 atom stereocenters. The third kappa shape index (κ3) is 7.01. The van der Waals surface area contributed by atoms with Gasteiger partial charge in [-0.1, -0.05) is 35.6 Å². The van der Waals surface area contributed by atoms with Gasteiger partial charge in [-0.05, 0) is 58.0 Å². The molecule has 4 rings (SSSR count). The summed E-state index contributed by atoms with van der Waals surface area (Å²) in [6.45, 7) is 10.3. The van der Waals surface area contributed by atoms with Crippen LogP contribution in [0.3, 0.4) is 0 Å². The number of alkyl halides is 3. The summed E-state index contributed by atoms with van der Waals surface area (Å²) in [6.07, 6.45) is -4.69. The van der Waals surface area contributed by atoms with Gasteiger partial charge in [-0.2, -0.15) is 18.3 Å². The van der Waals surface area contributed by atoms with E-state index in [1.54, 1.807) is 31.2 Å². The van der Waals surface area contributed by atoms with E-state index in [0.717, 1.165) is 19.2 Å². The van der Waals surface area contributed by atoms with E-state index in [4.69, 9.17) is 16.3 Å². The number of halogens is 4. The fourth-order valence-electron chi connectivity index (χ4n) is 4.27. The first-order valence-corrected chi connectivity index (χ1v) is 12.9. The smallest absolute Gasteiger partial charge is 0.379 e. The van der Waals surface area contributed by atoms with Gasteiger partial charge in [0, 0.05) is 40.3 Å². The molecule has 206 valence electrons. The molecule has 2 aromatic carbocycles. The molecule has 39 heavy (non-hydrogen) atoms. The molecule has 1 saturated heterocycles. The van der Waals surface area contributed by atoms with E-state index in [2.05, 4.69) is 27.2 Å². The first-order valence-electron chi connectivity index (χ1n) is 12.5. The number of morpholine rings is 1. The van der Waals surface area contributed by atoms with Crippen molar-refractivity contribution in [2.75, 3.05) is 32.8 Å². The molecule has 1 amide bonds. The number of hydrogen-bond donors (Lipinski definition) is 1. The SMILES string of the molecule is Cc1c(C(=O)NC(C)(C)C)nn(-c2ccc(C#CCN3CCOCC3)cc2C(F)(F)F)c1-c1ccc(Cl)cc1. The first kappa shape index (κ1) is 28.7. The van der Waals surface area contributed by atoms with Crippen LogP contribution in [0.2, 0.25) is 5.02 Å². The lowest BCUT2D eigenvalue weighted by atomic mass is 10.0. The minimum Gasteiger partial charge on any atom is -0.379 e. The van der Waals surface area contributed by atoms with Crippen LogP contribution in [-0.2, 0) is 10.9 Å². The van der Waals surface area contributed by atoms with Crippen LogP contribution < -0.4 is 5.32 Å². The maximum Gasteiger partial charge on any atom is 0.418 e. The zero-order chi connectivity index (χ0) is 28.4. The Labute approximate surface area is 231 Å². The van der Waals surface area contributed by atoms with Gasteiger partial charge in [0.2, 0.25) is 0 Å². The Balaban J connectivity index is 1.82. The summed E-state index contributed by atoms with van der Waals surface area (Å²) in [5.74, 6) is 5.34. The molecule has 2 heterocycles. The predicted molar refractivity (Wildman–Crippen MR) is 145 cm³/mol. The number of hydrogen-bond acceptors (Lipinski definition) is 4. The van der Waals surface area contributed by atoms with Crippen molar-refractivity contribution in [3.8, 4) is 28.8 Å². The lowest BCUT2D eigenvalue weighted by Crippen LogP contribution is -2.41. The fraction of sp³-hybridized carbons (Fsp3) is 0.379. The second kappa shape index (κ2) is 11.4. The van der Waals surface area contributed by atoms with Gasteiger partial charge in [0.05, 0.1) is 36.7 Å². The van der Waals surface area contributed by atoms with Gasteiger partial charge in [-0.3, -0.25) is 9.69 Å². The highest BCUT2D eigenvalue weighted by Crippen LogP contribution is 2.37. The second-order valence-electron chi connectivity index (χ2n) is 10.4. The van der Waals surface area contributed by atoms with Gasteiger partial charge in [0.1, 0.15) is 0 Å². The van der Waals surface area contributed by atoms with Gasteiger partial charge >= 0.3 is 6.18 Å². The molecular weight excluding hydrogens is 529 g/mol. The molecule has 0 saturated carbocycles. The molecule has 0 radical (unpaired) electrons. The Morgan fingerprint density at radius 3 is 2.38 bits per heavy atom. The number of nitrogens with one attached hydrogen (secondary N) is 1. The van der Waals surface area contributed by atoms with Gasteiger partial charge in [-0.25, -0.2) is 4.68 Å². The number of ether oxygens (including phenoxy) is 1. The van der Waals surface area contributed by atoms with E-state index in [1.807, 2.05) is 20.8 Å². The first-order chi connectivity index (χ1) is 18.3. The standard InChI is InChI=1S/C29H30ClF3N4O2/c1-19-25(27(38)34-28(2,3)4)35-37(26(19)21-8-10-22(30)11-9-21)24-12-7-20(18-23(24)29(31,32)33)6-5-13-36-14-16-39-17-15-36/h7-12,18H,13-17H2,1-4H3,(H,34,38). The van der Waals surface area contributed by atoms with Crippen LogP contribution >= 0.6 is 11.6 Å². The van der Waals surface area contributed by atoms with Crippen molar-refractivity contribution in [1.82, 2.24) is 20.0 Å². The predicted octanol–water partition coefficient (Wildman–Crippen LogP) is 5.73. The number of amides is 1. The molecule has 1 aliphatic heterocycles. The third-order valence-electron chi connectivity index (χ3n) is 6.11. The van der Waals surface area contributed by atoms with E-state index in [0.29, 0.717) is 41.6 Å². The molecule has 0 bridgehead atoms. The largest absolute Gasteiger partial charge is 0.418 e. The van der Waals surface area contributed by atoms with Gasteiger partial charge in [0.15, 0.2) is 5.69 Å². The molecule has 10 heteroatoms. The Hall–Kier alpha value is -3.32. The average molecular weight is 559 g/mol. The summed E-state index contributed by atoms with van der Waals surface area (Å²) in [5.41, 5.74) is -0.0119. The summed E-state index contributed by atoms with van der Waals surface area (Å²) in [7, 11) is 0. The molecule has 1 aliphatic rings. The van der Waals surface area contributed by atoms with Gasteiger partial charge < -0.3 is 10.1 Å². The molecular formula is C29H30ClF3N4O2. The number of benzene rings is 2. The second-order valence-corrected chi connectivity index (χ2v) is 10.8. The number of nitrogens with zero attached hydrogens (tertiary/aromatic N) is 3. The zero-order valence-corrected chi connectivity index (χ0v) is 23.0. The number of carbonyl (C=O) groups is 1. The van der Waals surface area contributed by atoms with Crippen LogP contribution in [0.5, 0.6) is 0 Å². The van der Waals surface area contributed by atoms with Crippen LogP contribution in [-0.4, -0.2) is 59.0 Å². The molecule has 0 unspecified atom stereocenters. The van der Waals surface area contributed by atoms with Crippen LogP contribution in [0, 0.1) is 18.8 Å². The summed E-state index contributed by atoms with van der Waals surface area (Å²) in [6, 6.07) is 10.6. The lowest BCUT2D eigenvalue weighted by Gasteiger charge is -2.24. The van der Waals surface area contributed by atoms with Crippen LogP contribution in [0.15, 0.2) is 42.5 Å². The quantitative estimate of drug-likeness (QED) is 0.415. The van der Waals surface area contributed by atoms with E-state index in [1.165, 1.54) is 16.8 Å². The van der Waals surface area contributed by atoms with E-state index >= 15 is 0 Å². The normalized spacial score (nSPS) is 14.6. The van der Waals surface area contributed by atoms with Crippen molar-refractivity contribution in [3.63, 3.8) is 0 Å². The Bertz CT molecular complexity index is 1410. The number of carbonyl (C=O) groups excluding carboxylic acids is 1. The number of aromatic nitrogens is 2. The van der Waals surface area contributed by atoms with Gasteiger partial charge in [0.25, 0.3) is 5.91 Å². The van der Waals surface area contributed by atoms with Crippen molar-refractivity contribution in [2.24, 2.45) is 0 Å². The highest BCUT2D eigenvalue weighted by molar-refractivity contribution is 6.30. The molecule has 6 nitrogen and oxygen atoms in total.